The zero-order valence-corrected chi connectivity index (χ0v) is 33.8. The lowest BCUT2D eigenvalue weighted by atomic mass is 9.93. The number of nitrogens with zero attached hydrogens (tertiary/aromatic N) is 3. The number of benzene rings is 8. The molecule has 8 aromatic carbocycles. The van der Waals surface area contributed by atoms with E-state index in [1.54, 1.807) is 0 Å². The standard InChI is InChI=1S/C55H33N3S2/c1-3-13-34(14-4-1)35-23-25-36(26-24-35)47-33-48(58-55(57-47)37-15-5-2-6-16-37)40-29-39(38-27-28-51-45(32-38)42-17-8-11-21-49(42)59-51)30-41(31-40)53-52-44-19-9-12-22-50(44)60-54(52)43-18-7-10-20-46(43)56-53/h1-33H. The second-order valence-corrected chi connectivity index (χ2v) is 17.3. The summed E-state index contributed by atoms with van der Waals surface area (Å²) < 4.78 is 5.09. The monoisotopic (exact) mass is 799 g/mol. The number of fused-ring (bicyclic) bond motifs is 8. The summed E-state index contributed by atoms with van der Waals surface area (Å²) in [6.45, 7) is 0. The van der Waals surface area contributed by atoms with Gasteiger partial charge in [-0.25, -0.2) is 15.0 Å². The molecule has 0 aliphatic rings. The first-order chi connectivity index (χ1) is 29.7. The topological polar surface area (TPSA) is 38.7 Å². The molecule has 0 radical (unpaired) electrons. The lowest BCUT2D eigenvalue weighted by Gasteiger charge is -2.14. The van der Waals surface area contributed by atoms with Gasteiger partial charge in [0.25, 0.3) is 0 Å². The highest BCUT2D eigenvalue weighted by Crippen LogP contribution is 2.45. The Bertz CT molecular complexity index is 3590. The third-order valence-corrected chi connectivity index (χ3v) is 13.8. The highest BCUT2D eigenvalue weighted by Gasteiger charge is 2.20. The average Bonchev–Trinajstić information content (AvgIpc) is 3.91. The van der Waals surface area contributed by atoms with Gasteiger partial charge < -0.3 is 0 Å². The van der Waals surface area contributed by atoms with Gasteiger partial charge in [-0.3, -0.25) is 0 Å². The van der Waals surface area contributed by atoms with Crippen molar-refractivity contribution in [1.82, 2.24) is 15.0 Å². The maximum atomic E-state index is 5.49. The van der Waals surface area contributed by atoms with Gasteiger partial charge >= 0.3 is 0 Å². The molecule has 0 unspecified atom stereocenters. The van der Waals surface area contributed by atoms with Crippen LogP contribution in [0.3, 0.4) is 0 Å². The van der Waals surface area contributed by atoms with Crippen molar-refractivity contribution in [3.05, 3.63) is 200 Å². The number of rotatable bonds is 6. The molecule has 280 valence electrons. The summed E-state index contributed by atoms with van der Waals surface area (Å²) in [6.07, 6.45) is 0. The van der Waals surface area contributed by atoms with E-state index in [9.17, 15) is 0 Å². The Kier molecular flexibility index (Phi) is 8.22. The number of thiophene rings is 2. The Morgan fingerprint density at radius 3 is 1.63 bits per heavy atom. The molecule has 0 aliphatic carbocycles. The quantitative estimate of drug-likeness (QED) is 0.168. The number of hydrogen-bond acceptors (Lipinski definition) is 5. The summed E-state index contributed by atoms with van der Waals surface area (Å²) in [6, 6.07) is 71.4. The second kappa shape index (κ2) is 14.2. The number of para-hydroxylation sites is 1. The fraction of sp³-hybridized carbons (Fsp3) is 0. The second-order valence-electron chi connectivity index (χ2n) is 15.2. The van der Waals surface area contributed by atoms with Crippen LogP contribution in [0, 0.1) is 0 Å². The SMILES string of the molecule is c1ccc(-c2ccc(-c3cc(-c4cc(-c5ccc6sc7ccccc7c6c5)cc(-c5nc6ccccc6c6sc7ccccc7c56)c4)nc(-c4ccccc4)n3)cc2)cc1. The van der Waals surface area contributed by atoms with Crippen LogP contribution in [0.1, 0.15) is 0 Å². The van der Waals surface area contributed by atoms with Gasteiger partial charge in [0, 0.05) is 68.0 Å². The van der Waals surface area contributed by atoms with Crippen molar-refractivity contribution in [3.8, 4) is 67.4 Å². The molecule has 60 heavy (non-hydrogen) atoms. The molecule has 0 atom stereocenters. The van der Waals surface area contributed by atoms with Crippen LogP contribution in [-0.2, 0) is 0 Å². The van der Waals surface area contributed by atoms with Crippen molar-refractivity contribution in [1.29, 1.82) is 0 Å². The van der Waals surface area contributed by atoms with E-state index in [2.05, 4.69) is 182 Å². The predicted molar refractivity (Wildman–Crippen MR) is 256 cm³/mol. The molecule has 0 aliphatic heterocycles. The summed E-state index contributed by atoms with van der Waals surface area (Å²) in [4.78, 5) is 16.0. The van der Waals surface area contributed by atoms with Crippen LogP contribution in [0.2, 0.25) is 0 Å². The molecule has 5 heteroatoms. The average molecular weight is 800 g/mol. The van der Waals surface area contributed by atoms with Crippen LogP contribution in [-0.4, -0.2) is 15.0 Å². The van der Waals surface area contributed by atoms with Crippen LogP contribution in [0.25, 0.3) is 119 Å². The third-order valence-electron chi connectivity index (χ3n) is 11.5. The van der Waals surface area contributed by atoms with Gasteiger partial charge in [0.1, 0.15) is 0 Å². The maximum Gasteiger partial charge on any atom is 0.160 e. The maximum absolute atomic E-state index is 5.49. The summed E-state index contributed by atoms with van der Waals surface area (Å²) in [5.74, 6) is 0.684. The highest BCUT2D eigenvalue weighted by atomic mass is 32.1. The van der Waals surface area contributed by atoms with E-state index in [0.717, 1.165) is 56.0 Å². The lowest BCUT2D eigenvalue weighted by Crippen LogP contribution is -1.97. The Balaban J connectivity index is 1.11. The minimum Gasteiger partial charge on any atom is -0.247 e. The number of pyridine rings is 1. The zero-order valence-electron chi connectivity index (χ0n) is 32.2. The van der Waals surface area contributed by atoms with Crippen LogP contribution >= 0.6 is 22.7 Å². The fourth-order valence-electron chi connectivity index (χ4n) is 8.53. The first-order valence-electron chi connectivity index (χ1n) is 20.1. The molecule has 0 saturated heterocycles. The van der Waals surface area contributed by atoms with Crippen molar-refractivity contribution in [2.24, 2.45) is 0 Å². The molecule has 0 bridgehead atoms. The minimum absolute atomic E-state index is 0.684. The summed E-state index contributed by atoms with van der Waals surface area (Å²) in [5, 5.41) is 6.13. The molecule has 12 aromatic rings. The fourth-order valence-corrected chi connectivity index (χ4v) is 10.9. The van der Waals surface area contributed by atoms with E-state index in [-0.39, 0.29) is 0 Å². The number of aromatic nitrogens is 3. The molecule has 3 nitrogen and oxygen atoms in total. The number of hydrogen-bond donors (Lipinski definition) is 0. The first kappa shape index (κ1) is 34.7. The van der Waals surface area contributed by atoms with Crippen molar-refractivity contribution < 1.29 is 0 Å². The normalized spacial score (nSPS) is 11.7. The van der Waals surface area contributed by atoms with Crippen molar-refractivity contribution in [2.45, 2.75) is 0 Å². The van der Waals surface area contributed by atoms with E-state index in [1.165, 1.54) is 56.9 Å². The molecule has 4 heterocycles. The zero-order chi connectivity index (χ0) is 39.6. The Hall–Kier alpha value is -7.31. The Morgan fingerprint density at radius 1 is 0.300 bits per heavy atom. The molecule has 0 saturated carbocycles. The van der Waals surface area contributed by atoms with Crippen molar-refractivity contribution in [3.63, 3.8) is 0 Å². The summed E-state index contributed by atoms with van der Waals surface area (Å²) >= 11 is 3.69. The van der Waals surface area contributed by atoms with Crippen LogP contribution in [0.4, 0.5) is 0 Å². The van der Waals surface area contributed by atoms with E-state index in [1.807, 2.05) is 40.9 Å². The van der Waals surface area contributed by atoms with Gasteiger partial charge in [-0.15, -0.1) is 22.7 Å². The van der Waals surface area contributed by atoms with Gasteiger partial charge in [0.05, 0.1) is 22.6 Å². The van der Waals surface area contributed by atoms with Gasteiger partial charge in [0.15, 0.2) is 5.82 Å². The molecule has 0 amide bonds. The Morgan fingerprint density at radius 2 is 0.850 bits per heavy atom. The highest BCUT2D eigenvalue weighted by molar-refractivity contribution is 7.27. The van der Waals surface area contributed by atoms with E-state index < -0.39 is 0 Å². The summed E-state index contributed by atoms with van der Waals surface area (Å²) in [7, 11) is 0. The van der Waals surface area contributed by atoms with Gasteiger partial charge in [-0.1, -0.05) is 146 Å². The Labute approximate surface area is 354 Å². The lowest BCUT2D eigenvalue weighted by molar-refractivity contribution is 1.18. The van der Waals surface area contributed by atoms with Crippen LogP contribution in [0.5, 0.6) is 0 Å². The largest absolute Gasteiger partial charge is 0.247 e. The molecular weight excluding hydrogens is 767 g/mol. The van der Waals surface area contributed by atoms with E-state index in [4.69, 9.17) is 15.0 Å². The molecular formula is C55H33N3S2. The van der Waals surface area contributed by atoms with Crippen molar-refractivity contribution in [2.75, 3.05) is 0 Å². The smallest absolute Gasteiger partial charge is 0.160 e. The molecule has 12 rings (SSSR count). The van der Waals surface area contributed by atoms with E-state index >= 15 is 0 Å². The van der Waals surface area contributed by atoms with Gasteiger partial charge in [0.2, 0.25) is 0 Å². The van der Waals surface area contributed by atoms with Crippen molar-refractivity contribution >= 4 is 73.9 Å². The molecule has 0 N–H and O–H groups in total. The predicted octanol–water partition coefficient (Wildman–Crippen LogP) is 15.8. The molecule has 0 spiro atoms. The van der Waals surface area contributed by atoms with Crippen LogP contribution < -0.4 is 0 Å². The minimum atomic E-state index is 0.684. The van der Waals surface area contributed by atoms with Gasteiger partial charge in [-0.2, -0.15) is 0 Å². The van der Waals surface area contributed by atoms with E-state index in [0.29, 0.717) is 5.82 Å². The molecule has 0 fully saturated rings. The van der Waals surface area contributed by atoms with Gasteiger partial charge in [-0.05, 0) is 76.9 Å². The molecule has 4 aromatic heterocycles. The van der Waals surface area contributed by atoms with Crippen LogP contribution in [0.15, 0.2) is 200 Å². The first-order valence-corrected chi connectivity index (χ1v) is 21.7. The third kappa shape index (κ3) is 5.98. The summed E-state index contributed by atoms with van der Waals surface area (Å²) in [5.41, 5.74) is 12.3.